The minimum Gasteiger partial charge on any atom is -0.470 e. The molecule has 0 atom stereocenters. The highest BCUT2D eigenvalue weighted by molar-refractivity contribution is 9.10. The Morgan fingerprint density at radius 2 is 2.05 bits per heavy atom. The van der Waals surface area contributed by atoms with Crippen LogP contribution in [0.5, 0.6) is 5.88 Å². The molecule has 3 rings (SSSR count). The lowest BCUT2D eigenvalue weighted by Gasteiger charge is -2.38. The van der Waals surface area contributed by atoms with E-state index >= 15 is 0 Å². The number of halogens is 2. The number of carbonyl (C=O) groups is 1. The van der Waals surface area contributed by atoms with Gasteiger partial charge in [0.25, 0.3) is 0 Å². The van der Waals surface area contributed by atoms with Gasteiger partial charge in [-0.2, -0.15) is 0 Å². The molecule has 0 radical (unpaired) electrons. The van der Waals surface area contributed by atoms with Crippen molar-refractivity contribution in [2.75, 3.05) is 18.4 Å². The highest BCUT2D eigenvalue weighted by atomic mass is 79.9. The second-order valence-electron chi connectivity index (χ2n) is 4.87. The monoisotopic (exact) mass is 381 g/mol. The molecular weight excluding hydrogens is 370 g/mol. The van der Waals surface area contributed by atoms with E-state index in [1.54, 1.807) is 35.4 Å². The van der Waals surface area contributed by atoms with Crippen LogP contribution in [0.4, 0.5) is 10.5 Å². The number of urea groups is 1. The molecule has 1 aromatic carbocycles. The van der Waals surface area contributed by atoms with Gasteiger partial charge in [-0.15, -0.1) is 0 Å². The predicted molar refractivity (Wildman–Crippen MR) is 88.4 cm³/mol. The fraction of sp³-hybridized carbons (Fsp3) is 0.200. The molecule has 114 valence electrons. The van der Waals surface area contributed by atoms with E-state index in [-0.39, 0.29) is 12.1 Å². The summed E-state index contributed by atoms with van der Waals surface area (Å²) >= 11 is 9.19. The van der Waals surface area contributed by atoms with Crippen molar-refractivity contribution < 1.29 is 9.53 Å². The molecule has 0 saturated carbocycles. The number of ether oxygens (including phenoxy) is 1. The van der Waals surface area contributed by atoms with Crippen LogP contribution < -0.4 is 10.1 Å². The molecule has 2 aromatic rings. The van der Waals surface area contributed by atoms with Gasteiger partial charge in [-0.1, -0.05) is 11.6 Å². The van der Waals surface area contributed by atoms with Gasteiger partial charge in [-0.3, -0.25) is 0 Å². The number of carbonyl (C=O) groups excluding carboxylic acids is 1. The Balaban J connectivity index is 1.49. The smallest absolute Gasteiger partial charge is 0.322 e. The van der Waals surface area contributed by atoms with E-state index in [2.05, 4.69) is 26.2 Å². The van der Waals surface area contributed by atoms with Gasteiger partial charge in [0.2, 0.25) is 5.88 Å². The van der Waals surface area contributed by atoms with Crippen LogP contribution in [0.3, 0.4) is 0 Å². The fourth-order valence-electron chi connectivity index (χ4n) is 2.03. The number of nitrogens with one attached hydrogen (secondary N) is 1. The number of nitrogens with zero attached hydrogens (tertiary/aromatic N) is 2. The van der Waals surface area contributed by atoms with Gasteiger partial charge in [0.05, 0.1) is 17.6 Å². The quantitative estimate of drug-likeness (QED) is 0.878. The Morgan fingerprint density at radius 1 is 1.32 bits per heavy atom. The van der Waals surface area contributed by atoms with Crippen molar-refractivity contribution in [2.45, 2.75) is 6.10 Å². The molecule has 1 aliphatic rings. The Labute approximate surface area is 141 Å². The molecule has 7 heteroatoms. The maximum absolute atomic E-state index is 12.0. The lowest BCUT2D eigenvalue weighted by molar-refractivity contribution is 0.0455. The van der Waals surface area contributed by atoms with Gasteiger partial charge < -0.3 is 15.0 Å². The minimum atomic E-state index is -0.151. The van der Waals surface area contributed by atoms with E-state index in [9.17, 15) is 4.79 Å². The Morgan fingerprint density at radius 3 is 2.73 bits per heavy atom. The lowest BCUT2D eigenvalue weighted by Crippen LogP contribution is -2.57. The van der Waals surface area contributed by atoms with E-state index < -0.39 is 0 Å². The molecule has 1 aromatic heterocycles. The van der Waals surface area contributed by atoms with Crippen LogP contribution >= 0.6 is 27.5 Å². The van der Waals surface area contributed by atoms with E-state index in [0.29, 0.717) is 29.7 Å². The van der Waals surface area contributed by atoms with Gasteiger partial charge in [0.1, 0.15) is 6.10 Å². The summed E-state index contributed by atoms with van der Waals surface area (Å²) in [6.07, 6.45) is 1.63. The minimum absolute atomic E-state index is 0.0397. The van der Waals surface area contributed by atoms with Crippen LogP contribution in [0.25, 0.3) is 0 Å². The van der Waals surface area contributed by atoms with Crippen molar-refractivity contribution in [1.82, 2.24) is 9.88 Å². The van der Waals surface area contributed by atoms with Gasteiger partial charge in [-0.05, 0) is 52.3 Å². The Bertz CT molecular complexity index is 675. The van der Waals surface area contributed by atoms with Crippen LogP contribution in [0, 0.1) is 0 Å². The first-order chi connectivity index (χ1) is 10.6. The van der Waals surface area contributed by atoms with Gasteiger partial charge in [0, 0.05) is 16.9 Å². The Kier molecular flexibility index (Phi) is 4.49. The highest BCUT2D eigenvalue weighted by Gasteiger charge is 2.33. The number of aromatic nitrogens is 1. The van der Waals surface area contributed by atoms with E-state index in [1.807, 2.05) is 12.1 Å². The largest absolute Gasteiger partial charge is 0.470 e. The molecule has 5 nitrogen and oxygen atoms in total. The zero-order chi connectivity index (χ0) is 15.5. The summed E-state index contributed by atoms with van der Waals surface area (Å²) in [7, 11) is 0. The number of likely N-dealkylation sites (tertiary alicyclic amines) is 1. The third-order valence-corrected chi connectivity index (χ3v) is 4.09. The fourth-order valence-corrected chi connectivity index (χ4v) is 2.50. The molecule has 0 unspecified atom stereocenters. The number of hydrogen-bond donors (Lipinski definition) is 1. The SMILES string of the molecule is O=C(Nc1ccc(Cl)cc1)N1CC(Oc2ncccc2Br)C1. The Hall–Kier alpha value is -1.79. The van der Waals surface area contributed by atoms with Gasteiger partial charge in [0.15, 0.2) is 0 Å². The summed E-state index contributed by atoms with van der Waals surface area (Å²) in [5.41, 5.74) is 0.714. The van der Waals surface area contributed by atoms with E-state index in [1.165, 1.54) is 0 Å². The summed E-state index contributed by atoms with van der Waals surface area (Å²) in [6.45, 7) is 1.06. The van der Waals surface area contributed by atoms with E-state index in [4.69, 9.17) is 16.3 Å². The molecule has 0 aliphatic carbocycles. The molecule has 1 fully saturated rings. The summed E-state index contributed by atoms with van der Waals surface area (Å²) in [5, 5.41) is 3.45. The summed E-state index contributed by atoms with van der Waals surface area (Å²) in [5.74, 6) is 0.547. The standard InChI is InChI=1S/C15H13BrClN3O2/c16-13-2-1-7-18-14(13)22-12-8-20(9-12)15(21)19-11-5-3-10(17)4-6-11/h1-7,12H,8-9H2,(H,19,21). The van der Waals surface area contributed by atoms with Crippen LogP contribution in [0.15, 0.2) is 47.1 Å². The molecule has 1 N–H and O–H groups in total. The number of anilines is 1. The number of pyridine rings is 1. The molecule has 1 aliphatic heterocycles. The van der Waals surface area contributed by atoms with Gasteiger partial charge in [-0.25, -0.2) is 9.78 Å². The van der Waals surface area contributed by atoms with Crippen molar-refractivity contribution in [3.63, 3.8) is 0 Å². The second-order valence-corrected chi connectivity index (χ2v) is 6.16. The summed E-state index contributed by atoms with van der Waals surface area (Å²) < 4.78 is 6.54. The van der Waals surface area contributed by atoms with Crippen molar-refractivity contribution in [1.29, 1.82) is 0 Å². The number of rotatable bonds is 3. The molecule has 0 bridgehead atoms. The summed E-state index contributed by atoms with van der Waals surface area (Å²) in [4.78, 5) is 17.9. The van der Waals surface area contributed by atoms with Crippen LogP contribution in [-0.4, -0.2) is 35.1 Å². The van der Waals surface area contributed by atoms with Crippen molar-refractivity contribution in [3.05, 3.63) is 52.1 Å². The molecule has 2 amide bonds. The normalized spacial score (nSPS) is 14.4. The van der Waals surface area contributed by atoms with E-state index in [0.717, 1.165) is 4.47 Å². The predicted octanol–water partition coefficient (Wildman–Crippen LogP) is 3.79. The number of hydrogen-bond acceptors (Lipinski definition) is 3. The maximum Gasteiger partial charge on any atom is 0.322 e. The zero-order valence-electron chi connectivity index (χ0n) is 11.5. The van der Waals surface area contributed by atoms with Crippen LogP contribution in [-0.2, 0) is 0 Å². The van der Waals surface area contributed by atoms with Crippen molar-refractivity contribution in [2.24, 2.45) is 0 Å². The first-order valence-corrected chi connectivity index (χ1v) is 7.87. The zero-order valence-corrected chi connectivity index (χ0v) is 13.8. The number of benzene rings is 1. The van der Waals surface area contributed by atoms with Crippen molar-refractivity contribution >= 4 is 39.2 Å². The first kappa shape index (κ1) is 15.1. The lowest BCUT2D eigenvalue weighted by atomic mass is 10.2. The highest BCUT2D eigenvalue weighted by Crippen LogP contribution is 2.24. The average Bonchev–Trinajstić information content (AvgIpc) is 2.46. The average molecular weight is 383 g/mol. The van der Waals surface area contributed by atoms with Crippen LogP contribution in [0.1, 0.15) is 0 Å². The molecule has 2 heterocycles. The third kappa shape index (κ3) is 3.51. The maximum atomic E-state index is 12.0. The second kappa shape index (κ2) is 6.54. The van der Waals surface area contributed by atoms with Crippen LogP contribution in [0.2, 0.25) is 5.02 Å². The topological polar surface area (TPSA) is 54.5 Å². The molecular formula is C15H13BrClN3O2. The van der Waals surface area contributed by atoms with Crippen molar-refractivity contribution in [3.8, 4) is 5.88 Å². The molecule has 1 saturated heterocycles. The molecule has 22 heavy (non-hydrogen) atoms. The number of amides is 2. The first-order valence-electron chi connectivity index (χ1n) is 6.70. The molecule has 0 spiro atoms. The summed E-state index contributed by atoms with van der Waals surface area (Å²) in [6, 6.07) is 10.5. The van der Waals surface area contributed by atoms with Gasteiger partial charge >= 0.3 is 6.03 Å². The third-order valence-electron chi connectivity index (χ3n) is 3.23.